The van der Waals surface area contributed by atoms with E-state index in [1.54, 1.807) is 0 Å². The van der Waals surface area contributed by atoms with Crippen LogP contribution in [0.15, 0.2) is 48.6 Å². The van der Waals surface area contributed by atoms with Gasteiger partial charge in [0.1, 0.15) is 19.3 Å². The monoisotopic (exact) mass is 1050 g/mol. The van der Waals surface area contributed by atoms with Crippen molar-refractivity contribution in [2.45, 2.75) is 303 Å². The smallest absolute Gasteiger partial charge is 0.306 e. The molecule has 0 aliphatic carbocycles. The van der Waals surface area contributed by atoms with Crippen molar-refractivity contribution >= 4 is 19.7 Å². The highest BCUT2D eigenvalue weighted by molar-refractivity contribution is 7.45. The second-order valence-electron chi connectivity index (χ2n) is 22.2. The van der Waals surface area contributed by atoms with Crippen LogP contribution in [0.25, 0.3) is 0 Å². The van der Waals surface area contributed by atoms with Gasteiger partial charge in [-0.3, -0.25) is 14.2 Å². The lowest BCUT2D eigenvalue weighted by Crippen LogP contribution is -2.47. The summed E-state index contributed by atoms with van der Waals surface area (Å²) in [5.41, 5.74) is 0. The molecule has 0 heterocycles. The van der Waals surface area contributed by atoms with Crippen LogP contribution in [0.3, 0.4) is 0 Å². The predicted molar refractivity (Wildman–Crippen MR) is 312 cm³/mol. The van der Waals surface area contributed by atoms with Crippen LogP contribution in [-0.2, 0) is 27.9 Å². The fraction of sp³-hybridized carbons (Fsp3) is 0.841. The number of carbonyl (C=O) groups is 2. The molecule has 0 fully saturated rings. The third-order valence-corrected chi connectivity index (χ3v) is 14.7. The number of amides is 1. The van der Waals surface area contributed by atoms with Gasteiger partial charge in [0.25, 0.3) is 7.82 Å². The molecule has 0 aliphatic rings. The lowest BCUT2D eigenvalue weighted by molar-refractivity contribution is -0.870. The number of rotatable bonds is 56. The fourth-order valence-corrected chi connectivity index (χ4v) is 9.62. The van der Waals surface area contributed by atoms with Crippen molar-refractivity contribution in [2.75, 3.05) is 40.9 Å². The van der Waals surface area contributed by atoms with Crippen molar-refractivity contribution in [3.63, 3.8) is 0 Å². The molecule has 73 heavy (non-hydrogen) atoms. The molecule has 428 valence electrons. The van der Waals surface area contributed by atoms with Crippen molar-refractivity contribution in [1.29, 1.82) is 0 Å². The summed E-state index contributed by atoms with van der Waals surface area (Å²) in [6, 6.07) is -0.894. The molecule has 0 radical (unpaired) electrons. The molecule has 1 N–H and O–H groups in total. The number of unbranched alkanes of at least 4 members (excludes halogenated alkanes) is 34. The van der Waals surface area contributed by atoms with E-state index >= 15 is 0 Å². The van der Waals surface area contributed by atoms with E-state index in [1.165, 1.54) is 180 Å². The summed E-state index contributed by atoms with van der Waals surface area (Å²) >= 11 is 0. The zero-order valence-electron chi connectivity index (χ0n) is 48.8. The predicted octanol–water partition coefficient (Wildman–Crippen LogP) is 18.3. The minimum Gasteiger partial charge on any atom is -0.756 e. The minimum atomic E-state index is -4.70. The van der Waals surface area contributed by atoms with Crippen LogP contribution in [0.5, 0.6) is 0 Å². The van der Waals surface area contributed by atoms with Gasteiger partial charge >= 0.3 is 5.97 Å². The van der Waals surface area contributed by atoms with E-state index in [4.69, 9.17) is 13.8 Å². The van der Waals surface area contributed by atoms with Gasteiger partial charge < -0.3 is 28.5 Å². The van der Waals surface area contributed by atoms with E-state index in [0.29, 0.717) is 23.9 Å². The van der Waals surface area contributed by atoms with Gasteiger partial charge in [-0.1, -0.05) is 237 Å². The first kappa shape index (κ1) is 71.0. The molecular weight excluding hydrogens is 928 g/mol. The van der Waals surface area contributed by atoms with Gasteiger partial charge in [0.2, 0.25) is 5.91 Å². The first-order valence-corrected chi connectivity index (χ1v) is 32.4. The van der Waals surface area contributed by atoms with Gasteiger partial charge in [0.15, 0.2) is 0 Å². The highest BCUT2D eigenvalue weighted by Gasteiger charge is 2.27. The second kappa shape index (κ2) is 53.4. The Morgan fingerprint density at radius 1 is 0.479 bits per heavy atom. The molecular formula is C63H119N2O7P. The quantitative estimate of drug-likeness (QED) is 0.0212. The molecule has 0 aromatic rings. The molecule has 1 amide bonds. The molecule has 0 aromatic heterocycles. The van der Waals surface area contributed by atoms with Gasteiger partial charge in [-0.15, -0.1) is 0 Å². The number of hydrogen-bond donors (Lipinski definition) is 1. The lowest BCUT2D eigenvalue weighted by Gasteiger charge is -2.30. The molecule has 3 unspecified atom stereocenters. The Kier molecular flexibility index (Phi) is 51.9. The number of allylic oxidation sites excluding steroid dienone is 7. The SMILES string of the molecule is CCCCC/C=C\C/C=C\CCCCCCCCCCCCCC(=O)NC(COP(=O)([O-])OCC[N+](C)(C)C)C(/C=C\CCCCCCCCCCCCC)OC(=O)CCCCC/C=C\CCCCCCCC. The maximum Gasteiger partial charge on any atom is 0.306 e. The molecule has 0 spiro atoms. The molecule has 10 heteroatoms. The number of hydrogen-bond acceptors (Lipinski definition) is 7. The van der Waals surface area contributed by atoms with E-state index in [0.717, 1.165) is 70.6 Å². The van der Waals surface area contributed by atoms with Crippen LogP contribution >= 0.6 is 7.82 Å². The number of quaternary nitrogens is 1. The Morgan fingerprint density at radius 3 is 1.29 bits per heavy atom. The van der Waals surface area contributed by atoms with Crippen molar-refractivity contribution in [2.24, 2.45) is 0 Å². The molecule has 0 aromatic carbocycles. The molecule has 0 rings (SSSR count). The number of nitrogens with zero attached hydrogens (tertiary/aromatic N) is 1. The first-order valence-electron chi connectivity index (χ1n) is 30.9. The van der Waals surface area contributed by atoms with Crippen molar-refractivity contribution in [1.82, 2.24) is 5.32 Å². The van der Waals surface area contributed by atoms with Crippen molar-refractivity contribution in [3.05, 3.63) is 48.6 Å². The van der Waals surface area contributed by atoms with E-state index < -0.39 is 26.6 Å². The summed E-state index contributed by atoms with van der Waals surface area (Å²) in [5, 5.41) is 3.03. The average Bonchev–Trinajstić information content (AvgIpc) is 3.35. The van der Waals surface area contributed by atoms with Gasteiger partial charge in [-0.25, -0.2) is 0 Å². The van der Waals surface area contributed by atoms with Crippen LogP contribution in [0, 0.1) is 0 Å². The Morgan fingerprint density at radius 2 is 0.836 bits per heavy atom. The number of phosphoric acid groups is 1. The number of ether oxygens (including phenoxy) is 1. The van der Waals surface area contributed by atoms with Gasteiger partial charge in [-0.2, -0.15) is 0 Å². The molecule has 0 saturated heterocycles. The summed E-state index contributed by atoms with van der Waals surface area (Å²) in [5.74, 6) is -0.554. The average molecular weight is 1050 g/mol. The highest BCUT2D eigenvalue weighted by atomic mass is 31.2. The summed E-state index contributed by atoms with van der Waals surface area (Å²) in [7, 11) is 1.18. The highest BCUT2D eigenvalue weighted by Crippen LogP contribution is 2.38. The zero-order chi connectivity index (χ0) is 53.6. The van der Waals surface area contributed by atoms with E-state index in [1.807, 2.05) is 33.3 Å². The number of esters is 1. The maximum absolute atomic E-state index is 13.5. The molecule has 0 aliphatic heterocycles. The zero-order valence-corrected chi connectivity index (χ0v) is 49.7. The Balaban J connectivity index is 5.24. The number of carbonyl (C=O) groups excluding carboxylic acids is 2. The van der Waals surface area contributed by atoms with Gasteiger partial charge in [0, 0.05) is 12.8 Å². The molecule has 9 nitrogen and oxygen atoms in total. The standard InChI is InChI=1S/C63H119N2O7P/c1-7-10-13-16-19-22-25-28-29-30-31-32-33-34-35-38-40-43-46-49-52-55-62(66)64-60(59-71-73(68,69)70-58-57-65(4,5)6)61(54-51-48-45-42-39-36-26-23-20-17-14-11-8-2)72-63(67)56-53-50-47-44-41-37-27-24-21-18-15-12-9-3/h19,22,28-29,37,41,51,54,60-61H,7-18,20-21,23-27,30-36,38-40,42-50,52-53,55-59H2,1-6H3,(H-,64,66,68,69)/b22-19-,29-28-,41-37-,54-51-. The second-order valence-corrected chi connectivity index (χ2v) is 23.6. The van der Waals surface area contributed by atoms with Crippen LogP contribution in [0.4, 0.5) is 0 Å². The van der Waals surface area contributed by atoms with E-state index in [-0.39, 0.29) is 24.9 Å². The number of phosphoric ester groups is 1. The Hall–Kier alpha value is -2.03. The summed E-state index contributed by atoms with van der Waals surface area (Å²) in [4.78, 5) is 39.9. The topological polar surface area (TPSA) is 114 Å². The van der Waals surface area contributed by atoms with Crippen LogP contribution < -0.4 is 10.2 Å². The summed E-state index contributed by atoms with van der Waals surface area (Å²) in [6.45, 7) is 6.82. The largest absolute Gasteiger partial charge is 0.756 e. The van der Waals surface area contributed by atoms with Crippen molar-refractivity contribution < 1.29 is 37.3 Å². The third kappa shape index (κ3) is 54.6. The third-order valence-electron chi connectivity index (χ3n) is 13.7. The van der Waals surface area contributed by atoms with E-state index in [9.17, 15) is 19.0 Å². The van der Waals surface area contributed by atoms with Crippen LogP contribution in [-0.4, -0.2) is 69.4 Å². The van der Waals surface area contributed by atoms with Gasteiger partial charge in [0.05, 0.1) is 33.8 Å². The Bertz CT molecular complexity index is 1390. The summed E-state index contributed by atoms with van der Waals surface area (Å²) < 4.78 is 30.3. The Labute approximate surface area is 452 Å². The molecule has 0 bridgehead atoms. The first-order chi connectivity index (χ1) is 35.4. The summed E-state index contributed by atoms with van der Waals surface area (Å²) in [6.07, 6.45) is 65.0. The van der Waals surface area contributed by atoms with E-state index in [2.05, 4.69) is 62.5 Å². The molecule has 0 saturated carbocycles. The van der Waals surface area contributed by atoms with Crippen molar-refractivity contribution in [3.8, 4) is 0 Å². The number of likely N-dealkylation sites (N-methyl/N-ethyl adjacent to an activating group) is 1. The lowest BCUT2D eigenvalue weighted by atomic mass is 10.0. The minimum absolute atomic E-state index is 0.0244. The number of nitrogens with one attached hydrogen (secondary N) is 1. The molecule has 3 atom stereocenters. The van der Waals surface area contributed by atoms with Crippen LogP contribution in [0.2, 0.25) is 0 Å². The van der Waals surface area contributed by atoms with Gasteiger partial charge in [-0.05, 0) is 89.5 Å². The maximum atomic E-state index is 13.5. The van der Waals surface area contributed by atoms with Crippen LogP contribution in [0.1, 0.15) is 290 Å². The normalized spacial score (nSPS) is 14.0. The fourth-order valence-electron chi connectivity index (χ4n) is 8.90.